The van der Waals surface area contributed by atoms with Gasteiger partial charge in [-0.05, 0) is 38.8 Å². The van der Waals surface area contributed by atoms with Crippen molar-refractivity contribution in [1.29, 1.82) is 0 Å². The van der Waals surface area contributed by atoms with Crippen LogP contribution in [0, 0.1) is 5.92 Å². The summed E-state index contributed by atoms with van der Waals surface area (Å²) in [5.74, 6) is 0.813. The summed E-state index contributed by atoms with van der Waals surface area (Å²) in [6.45, 7) is 6.39. The van der Waals surface area contributed by atoms with Crippen LogP contribution in [0.25, 0.3) is 0 Å². The van der Waals surface area contributed by atoms with E-state index in [1.807, 2.05) is 6.92 Å². The predicted molar refractivity (Wildman–Crippen MR) is 53.9 cm³/mol. The van der Waals surface area contributed by atoms with Gasteiger partial charge in [0.25, 0.3) is 0 Å². The van der Waals surface area contributed by atoms with Gasteiger partial charge in [0.1, 0.15) is 12.1 Å². The van der Waals surface area contributed by atoms with E-state index in [9.17, 15) is 4.79 Å². The molecule has 0 saturated carbocycles. The molecule has 0 aliphatic carbocycles. The predicted octanol–water partition coefficient (Wildman–Crippen LogP) is 1.42. The minimum atomic E-state index is -0.00736. The summed E-state index contributed by atoms with van der Waals surface area (Å²) >= 11 is 0. The van der Waals surface area contributed by atoms with Crippen LogP contribution in [0.1, 0.15) is 33.1 Å². The summed E-state index contributed by atoms with van der Waals surface area (Å²) in [6.07, 6.45) is 3.44. The summed E-state index contributed by atoms with van der Waals surface area (Å²) < 4.78 is 5.17. The summed E-state index contributed by atoms with van der Waals surface area (Å²) in [5.41, 5.74) is 0. The Balaban J connectivity index is 1.92. The van der Waals surface area contributed by atoms with E-state index in [1.165, 1.54) is 12.8 Å². The average molecular weight is 197 g/mol. The Labute approximate surface area is 85.4 Å². The topological polar surface area (TPSA) is 29.5 Å². The highest BCUT2D eigenvalue weighted by Crippen LogP contribution is 2.24. The first-order chi connectivity index (χ1) is 6.66. The van der Waals surface area contributed by atoms with Gasteiger partial charge in [0.15, 0.2) is 0 Å². The van der Waals surface area contributed by atoms with E-state index in [2.05, 4.69) is 11.8 Å². The van der Waals surface area contributed by atoms with Gasteiger partial charge in [-0.2, -0.15) is 0 Å². The van der Waals surface area contributed by atoms with Gasteiger partial charge in [0.2, 0.25) is 0 Å². The highest BCUT2D eigenvalue weighted by Gasteiger charge is 2.37. The number of hydrogen-bond donors (Lipinski definition) is 0. The second-order valence-corrected chi connectivity index (χ2v) is 4.72. The smallest absolute Gasteiger partial charge is 0.323 e. The zero-order valence-corrected chi connectivity index (χ0v) is 9.03. The van der Waals surface area contributed by atoms with Crippen LogP contribution >= 0.6 is 0 Å². The Morgan fingerprint density at radius 1 is 1.29 bits per heavy atom. The lowest BCUT2D eigenvalue weighted by Gasteiger charge is -2.32. The van der Waals surface area contributed by atoms with Gasteiger partial charge in [-0.1, -0.05) is 6.92 Å². The van der Waals surface area contributed by atoms with Crippen LogP contribution < -0.4 is 0 Å². The number of rotatable bonds is 1. The SMILES string of the molecule is CC1CCN([C@H]2C[C@@H](C)OC2=O)CC1. The molecule has 80 valence electrons. The maximum absolute atomic E-state index is 11.5. The molecular formula is C11H19NO2. The zero-order chi connectivity index (χ0) is 10.1. The van der Waals surface area contributed by atoms with Crippen molar-refractivity contribution in [1.82, 2.24) is 4.90 Å². The molecule has 0 spiro atoms. The van der Waals surface area contributed by atoms with Crippen molar-refractivity contribution >= 4 is 5.97 Å². The van der Waals surface area contributed by atoms with Gasteiger partial charge in [-0.3, -0.25) is 9.69 Å². The lowest BCUT2D eigenvalue weighted by molar-refractivity contribution is -0.145. The van der Waals surface area contributed by atoms with E-state index >= 15 is 0 Å². The number of piperidine rings is 1. The Hall–Kier alpha value is -0.570. The Morgan fingerprint density at radius 2 is 1.93 bits per heavy atom. The van der Waals surface area contributed by atoms with Crippen LogP contribution in [0.2, 0.25) is 0 Å². The quantitative estimate of drug-likeness (QED) is 0.595. The minimum absolute atomic E-state index is 0.00736. The highest BCUT2D eigenvalue weighted by atomic mass is 16.6. The molecule has 3 nitrogen and oxygen atoms in total. The molecule has 0 aromatic rings. The van der Waals surface area contributed by atoms with Crippen LogP contribution in [0.5, 0.6) is 0 Å². The number of ether oxygens (including phenoxy) is 1. The normalized spacial score (nSPS) is 36.0. The van der Waals surface area contributed by atoms with E-state index in [0.29, 0.717) is 0 Å². The Kier molecular flexibility index (Phi) is 2.77. The van der Waals surface area contributed by atoms with Gasteiger partial charge < -0.3 is 4.74 Å². The molecule has 0 bridgehead atoms. The van der Waals surface area contributed by atoms with E-state index in [-0.39, 0.29) is 18.1 Å². The molecule has 2 fully saturated rings. The van der Waals surface area contributed by atoms with Gasteiger partial charge in [-0.25, -0.2) is 0 Å². The van der Waals surface area contributed by atoms with Crippen LogP contribution in [0.4, 0.5) is 0 Å². The van der Waals surface area contributed by atoms with Crippen molar-refractivity contribution in [2.75, 3.05) is 13.1 Å². The molecule has 2 aliphatic rings. The summed E-state index contributed by atoms with van der Waals surface area (Å²) in [4.78, 5) is 13.8. The van der Waals surface area contributed by atoms with E-state index in [4.69, 9.17) is 4.74 Å². The van der Waals surface area contributed by atoms with Crippen LogP contribution in [0.3, 0.4) is 0 Å². The largest absolute Gasteiger partial charge is 0.461 e. The summed E-state index contributed by atoms with van der Waals surface area (Å²) in [6, 6.07) is 0.0532. The molecule has 2 atom stereocenters. The standard InChI is InChI=1S/C11H19NO2/c1-8-3-5-12(6-4-8)10-7-9(2)14-11(10)13/h8-10H,3-7H2,1-2H3/t9-,10+/m1/s1. The van der Waals surface area contributed by atoms with Gasteiger partial charge in [0, 0.05) is 6.42 Å². The first-order valence-electron chi connectivity index (χ1n) is 5.61. The van der Waals surface area contributed by atoms with Crippen LogP contribution in [-0.4, -0.2) is 36.1 Å². The second-order valence-electron chi connectivity index (χ2n) is 4.72. The number of carbonyl (C=O) groups excluding carboxylic acids is 1. The van der Waals surface area contributed by atoms with Crippen molar-refractivity contribution in [3.8, 4) is 0 Å². The highest BCUT2D eigenvalue weighted by molar-refractivity contribution is 5.77. The van der Waals surface area contributed by atoms with Gasteiger partial charge >= 0.3 is 5.97 Å². The maximum atomic E-state index is 11.5. The van der Waals surface area contributed by atoms with Gasteiger partial charge in [-0.15, -0.1) is 0 Å². The molecule has 0 aromatic heterocycles. The van der Waals surface area contributed by atoms with Crippen LogP contribution in [0.15, 0.2) is 0 Å². The molecule has 0 amide bonds. The number of carbonyl (C=O) groups is 1. The lowest BCUT2D eigenvalue weighted by Crippen LogP contribution is -2.43. The van der Waals surface area contributed by atoms with Crippen molar-refractivity contribution in [3.63, 3.8) is 0 Å². The first kappa shape index (κ1) is 9.97. The zero-order valence-electron chi connectivity index (χ0n) is 9.03. The Bertz CT molecular complexity index is 221. The van der Waals surface area contributed by atoms with Crippen molar-refractivity contribution in [2.24, 2.45) is 5.92 Å². The fourth-order valence-electron chi connectivity index (χ4n) is 2.37. The third-order valence-electron chi connectivity index (χ3n) is 3.40. The summed E-state index contributed by atoms with van der Waals surface area (Å²) in [5, 5.41) is 0. The van der Waals surface area contributed by atoms with Gasteiger partial charge in [0.05, 0.1) is 0 Å². The monoisotopic (exact) mass is 197 g/mol. The van der Waals surface area contributed by atoms with E-state index in [0.717, 1.165) is 25.4 Å². The fraction of sp³-hybridized carbons (Fsp3) is 0.909. The third kappa shape index (κ3) is 1.92. The fourth-order valence-corrected chi connectivity index (χ4v) is 2.37. The molecular weight excluding hydrogens is 178 g/mol. The number of nitrogens with zero attached hydrogens (tertiary/aromatic N) is 1. The molecule has 2 saturated heterocycles. The van der Waals surface area contributed by atoms with Crippen LogP contribution in [-0.2, 0) is 9.53 Å². The van der Waals surface area contributed by atoms with Crippen molar-refractivity contribution in [3.05, 3.63) is 0 Å². The average Bonchev–Trinajstić information content (AvgIpc) is 2.47. The molecule has 2 aliphatic heterocycles. The van der Waals surface area contributed by atoms with Crippen molar-refractivity contribution < 1.29 is 9.53 Å². The molecule has 0 N–H and O–H groups in total. The molecule has 0 radical (unpaired) electrons. The van der Waals surface area contributed by atoms with Crippen molar-refractivity contribution in [2.45, 2.75) is 45.3 Å². The number of hydrogen-bond acceptors (Lipinski definition) is 3. The van der Waals surface area contributed by atoms with E-state index < -0.39 is 0 Å². The number of likely N-dealkylation sites (tertiary alicyclic amines) is 1. The molecule has 2 rings (SSSR count). The first-order valence-corrected chi connectivity index (χ1v) is 5.61. The molecule has 3 heteroatoms. The van der Waals surface area contributed by atoms with E-state index in [1.54, 1.807) is 0 Å². The molecule has 0 aromatic carbocycles. The molecule has 2 heterocycles. The minimum Gasteiger partial charge on any atom is -0.461 e. The third-order valence-corrected chi connectivity index (χ3v) is 3.40. The maximum Gasteiger partial charge on any atom is 0.323 e. The summed E-state index contributed by atoms with van der Waals surface area (Å²) in [7, 11) is 0. The second kappa shape index (κ2) is 3.89. The number of cyclic esters (lactones) is 1. The molecule has 0 unspecified atom stereocenters. The molecule has 14 heavy (non-hydrogen) atoms. The lowest BCUT2D eigenvalue weighted by atomic mass is 9.97. The number of esters is 1. The Morgan fingerprint density at radius 3 is 2.43 bits per heavy atom.